The van der Waals surface area contributed by atoms with Gasteiger partial charge >= 0.3 is 0 Å². The lowest BCUT2D eigenvalue weighted by Crippen LogP contribution is -2.37. The van der Waals surface area contributed by atoms with Crippen LogP contribution in [0.25, 0.3) is 11.3 Å². The quantitative estimate of drug-likeness (QED) is 0.675. The van der Waals surface area contributed by atoms with Crippen molar-refractivity contribution in [3.8, 4) is 11.3 Å². The van der Waals surface area contributed by atoms with E-state index in [9.17, 15) is 9.18 Å². The Hall–Kier alpha value is -2.95. The van der Waals surface area contributed by atoms with Crippen molar-refractivity contribution in [3.05, 3.63) is 77.3 Å². The molecule has 0 aliphatic heterocycles. The van der Waals surface area contributed by atoms with Crippen LogP contribution < -0.4 is 5.32 Å². The van der Waals surface area contributed by atoms with E-state index < -0.39 is 0 Å². The minimum Gasteiger partial charge on any atom is -0.360 e. The van der Waals surface area contributed by atoms with Crippen molar-refractivity contribution in [1.29, 1.82) is 0 Å². The summed E-state index contributed by atoms with van der Waals surface area (Å²) < 4.78 is 18.5. The van der Waals surface area contributed by atoms with Crippen LogP contribution in [0.15, 0.2) is 59.1 Å². The van der Waals surface area contributed by atoms with Gasteiger partial charge in [0.05, 0.1) is 0 Å². The van der Waals surface area contributed by atoms with Gasteiger partial charge in [-0.1, -0.05) is 35.5 Å². The summed E-state index contributed by atoms with van der Waals surface area (Å²) in [5, 5.41) is 7.17. The Kier molecular flexibility index (Phi) is 5.24. The van der Waals surface area contributed by atoms with Gasteiger partial charge in [-0.05, 0) is 68.4 Å². The Morgan fingerprint density at radius 2 is 1.71 bits per heavy atom. The zero-order valence-corrected chi connectivity index (χ0v) is 15.8. The first-order chi connectivity index (χ1) is 13.6. The number of hydrogen-bond acceptors (Lipinski definition) is 3. The molecular weight excluding hydrogens is 355 g/mol. The van der Waals surface area contributed by atoms with E-state index in [0.29, 0.717) is 28.5 Å². The van der Waals surface area contributed by atoms with E-state index in [1.807, 2.05) is 6.07 Å². The van der Waals surface area contributed by atoms with Gasteiger partial charge in [-0.25, -0.2) is 4.39 Å². The van der Waals surface area contributed by atoms with Gasteiger partial charge in [-0.15, -0.1) is 0 Å². The van der Waals surface area contributed by atoms with Crippen molar-refractivity contribution < 1.29 is 13.7 Å². The standard InChI is InChI=1S/C23H23FN2O2/c1-15-21(22(26-28-15)18-7-11-19(24)12-8-18)23(27)25-20-13-9-17(10-14-20)16-5-3-2-4-6-16/h2-8,11-12,17,20H,9-10,13-14H2,1H3,(H,25,27). The molecule has 0 atom stereocenters. The smallest absolute Gasteiger partial charge is 0.257 e. The molecule has 4 nitrogen and oxygen atoms in total. The van der Waals surface area contributed by atoms with Gasteiger partial charge in [-0.2, -0.15) is 0 Å². The SMILES string of the molecule is Cc1onc(-c2ccc(F)cc2)c1C(=O)NC1CCC(c2ccccc2)CC1. The molecule has 1 heterocycles. The number of aromatic nitrogens is 1. The highest BCUT2D eigenvalue weighted by molar-refractivity contribution is 6.00. The molecule has 0 spiro atoms. The second-order valence-corrected chi connectivity index (χ2v) is 7.40. The summed E-state index contributed by atoms with van der Waals surface area (Å²) >= 11 is 0. The number of rotatable bonds is 4. The molecule has 3 aromatic rings. The van der Waals surface area contributed by atoms with Crippen molar-refractivity contribution in [2.24, 2.45) is 0 Å². The van der Waals surface area contributed by atoms with E-state index in [-0.39, 0.29) is 17.8 Å². The number of hydrogen-bond donors (Lipinski definition) is 1. The fraction of sp³-hybridized carbons (Fsp3) is 0.304. The summed E-state index contributed by atoms with van der Waals surface area (Å²) in [5.74, 6) is 0.516. The van der Waals surface area contributed by atoms with Crippen molar-refractivity contribution in [3.63, 3.8) is 0 Å². The van der Waals surface area contributed by atoms with E-state index in [2.05, 4.69) is 34.7 Å². The lowest BCUT2D eigenvalue weighted by Gasteiger charge is -2.29. The van der Waals surface area contributed by atoms with E-state index >= 15 is 0 Å². The van der Waals surface area contributed by atoms with Gasteiger partial charge in [0, 0.05) is 11.6 Å². The number of nitrogens with one attached hydrogen (secondary N) is 1. The molecule has 4 rings (SSSR count). The Labute approximate surface area is 163 Å². The molecular formula is C23H23FN2O2. The van der Waals surface area contributed by atoms with Gasteiger partial charge in [0.1, 0.15) is 22.8 Å². The lowest BCUT2D eigenvalue weighted by molar-refractivity contribution is 0.0925. The van der Waals surface area contributed by atoms with Crippen molar-refractivity contribution in [1.82, 2.24) is 10.5 Å². The van der Waals surface area contributed by atoms with Crippen LogP contribution in [-0.4, -0.2) is 17.1 Å². The first-order valence-electron chi connectivity index (χ1n) is 9.70. The predicted octanol–water partition coefficient (Wildman–Crippen LogP) is 5.25. The van der Waals surface area contributed by atoms with Crippen LogP contribution in [0.2, 0.25) is 0 Å². The van der Waals surface area contributed by atoms with Crippen molar-refractivity contribution in [2.75, 3.05) is 0 Å². The Balaban J connectivity index is 1.44. The fourth-order valence-corrected chi connectivity index (χ4v) is 4.00. The van der Waals surface area contributed by atoms with E-state index in [4.69, 9.17) is 4.52 Å². The third-order valence-corrected chi connectivity index (χ3v) is 5.54. The Bertz CT molecular complexity index is 942. The molecule has 0 saturated heterocycles. The zero-order valence-electron chi connectivity index (χ0n) is 15.8. The molecule has 1 aliphatic carbocycles. The normalized spacial score (nSPS) is 19.4. The van der Waals surface area contributed by atoms with Crippen LogP contribution in [0, 0.1) is 12.7 Å². The summed E-state index contributed by atoms with van der Waals surface area (Å²) in [7, 11) is 0. The maximum absolute atomic E-state index is 13.2. The lowest BCUT2D eigenvalue weighted by atomic mass is 9.81. The number of nitrogens with zero attached hydrogens (tertiary/aromatic N) is 1. The highest BCUT2D eigenvalue weighted by Gasteiger charge is 2.27. The van der Waals surface area contributed by atoms with Crippen LogP contribution >= 0.6 is 0 Å². The minimum atomic E-state index is -0.329. The molecule has 0 bridgehead atoms. The van der Waals surface area contributed by atoms with Crippen molar-refractivity contribution in [2.45, 2.75) is 44.6 Å². The maximum atomic E-state index is 13.2. The third kappa shape index (κ3) is 3.84. The fourth-order valence-electron chi connectivity index (χ4n) is 4.00. The Morgan fingerprint density at radius 1 is 1.04 bits per heavy atom. The van der Waals surface area contributed by atoms with Crippen LogP contribution in [0.1, 0.15) is 53.3 Å². The second-order valence-electron chi connectivity index (χ2n) is 7.40. The van der Waals surface area contributed by atoms with Crippen LogP contribution in [0.4, 0.5) is 4.39 Å². The molecule has 1 N–H and O–H groups in total. The first kappa shape index (κ1) is 18.4. The molecule has 1 fully saturated rings. The van der Waals surface area contributed by atoms with E-state index in [0.717, 1.165) is 25.7 Å². The highest BCUT2D eigenvalue weighted by atomic mass is 19.1. The number of carbonyl (C=O) groups is 1. The maximum Gasteiger partial charge on any atom is 0.257 e. The van der Waals surface area contributed by atoms with Crippen molar-refractivity contribution >= 4 is 5.91 Å². The van der Waals surface area contributed by atoms with Gasteiger partial charge in [0.25, 0.3) is 5.91 Å². The molecule has 1 amide bonds. The average molecular weight is 378 g/mol. The number of aryl methyl sites for hydroxylation is 1. The summed E-state index contributed by atoms with van der Waals surface area (Å²) in [5.41, 5.74) is 2.92. The van der Waals surface area contributed by atoms with Gasteiger partial charge < -0.3 is 9.84 Å². The molecule has 28 heavy (non-hydrogen) atoms. The summed E-state index contributed by atoms with van der Waals surface area (Å²) in [6.45, 7) is 1.72. The summed E-state index contributed by atoms with van der Waals surface area (Å²) in [6.07, 6.45) is 4.01. The summed E-state index contributed by atoms with van der Waals surface area (Å²) in [4.78, 5) is 12.9. The second kappa shape index (κ2) is 7.97. The van der Waals surface area contributed by atoms with Crippen LogP contribution in [0.3, 0.4) is 0 Å². The zero-order chi connectivity index (χ0) is 19.5. The van der Waals surface area contributed by atoms with E-state index in [1.165, 1.54) is 17.7 Å². The van der Waals surface area contributed by atoms with Gasteiger partial charge in [-0.3, -0.25) is 4.79 Å². The first-order valence-corrected chi connectivity index (χ1v) is 9.70. The molecule has 1 saturated carbocycles. The van der Waals surface area contributed by atoms with Gasteiger partial charge in [0.15, 0.2) is 0 Å². The average Bonchev–Trinajstić information content (AvgIpc) is 3.11. The molecule has 0 unspecified atom stereocenters. The molecule has 5 heteroatoms. The molecule has 2 aromatic carbocycles. The number of carbonyl (C=O) groups excluding carboxylic acids is 1. The topological polar surface area (TPSA) is 55.1 Å². The molecule has 144 valence electrons. The molecule has 1 aliphatic rings. The van der Waals surface area contributed by atoms with Gasteiger partial charge in [0.2, 0.25) is 0 Å². The number of halogens is 1. The predicted molar refractivity (Wildman–Crippen MR) is 106 cm³/mol. The minimum absolute atomic E-state index is 0.142. The van der Waals surface area contributed by atoms with E-state index in [1.54, 1.807) is 19.1 Å². The van der Waals surface area contributed by atoms with Crippen LogP contribution in [0.5, 0.6) is 0 Å². The third-order valence-electron chi connectivity index (χ3n) is 5.54. The summed E-state index contributed by atoms with van der Waals surface area (Å²) in [6, 6.07) is 16.6. The Morgan fingerprint density at radius 3 is 2.39 bits per heavy atom. The molecule has 0 radical (unpaired) electrons. The van der Waals surface area contributed by atoms with Crippen LogP contribution in [-0.2, 0) is 0 Å². The highest BCUT2D eigenvalue weighted by Crippen LogP contribution is 2.33. The number of benzene rings is 2. The molecule has 1 aromatic heterocycles. The largest absolute Gasteiger partial charge is 0.360 e. The number of amides is 1. The monoisotopic (exact) mass is 378 g/mol.